The monoisotopic (exact) mass is 371 g/mol. The standard InChI is InChI=1S/C28H21N/c1-2-29-27-17-8-7-15-24(27)25-16-9-10-19(28(25)29)18-26-22-13-5-3-11-20(22)21-12-4-6-14-23(21)26/h3-18H,2H2,1H3. The van der Waals surface area contributed by atoms with Gasteiger partial charge in [-0.2, -0.15) is 0 Å². The molecule has 138 valence electrons. The third kappa shape index (κ3) is 2.28. The van der Waals surface area contributed by atoms with Crippen molar-refractivity contribution in [3.8, 4) is 11.1 Å². The van der Waals surface area contributed by atoms with Crippen LogP contribution in [0.3, 0.4) is 0 Å². The first-order chi connectivity index (χ1) is 14.4. The Bertz CT molecular complexity index is 1380. The zero-order chi connectivity index (χ0) is 19.4. The van der Waals surface area contributed by atoms with Gasteiger partial charge in [0.2, 0.25) is 0 Å². The Morgan fingerprint density at radius 3 is 1.90 bits per heavy atom. The molecule has 0 bridgehead atoms. The van der Waals surface area contributed by atoms with E-state index >= 15 is 0 Å². The Balaban J connectivity index is 1.69. The van der Waals surface area contributed by atoms with Gasteiger partial charge in [-0.25, -0.2) is 0 Å². The van der Waals surface area contributed by atoms with Gasteiger partial charge >= 0.3 is 0 Å². The van der Waals surface area contributed by atoms with E-state index < -0.39 is 0 Å². The molecule has 29 heavy (non-hydrogen) atoms. The highest BCUT2D eigenvalue weighted by atomic mass is 15.0. The van der Waals surface area contributed by atoms with Crippen LogP contribution in [-0.4, -0.2) is 4.57 Å². The third-order valence-electron chi connectivity index (χ3n) is 6.16. The second-order valence-corrected chi connectivity index (χ2v) is 7.65. The van der Waals surface area contributed by atoms with E-state index in [9.17, 15) is 0 Å². The molecule has 0 unspecified atom stereocenters. The minimum atomic E-state index is 0.956. The molecule has 0 saturated carbocycles. The van der Waals surface area contributed by atoms with Gasteiger partial charge in [0.05, 0.1) is 5.52 Å². The van der Waals surface area contributed by atoms with Gasteiger partial charge in [-0.15, -0.1) is 0 Å². The molecule has 1 aliphatic carbocycles. The van der Waals surface area contributed by atoms with E-state index in [0.29, 0.717) is 0 Å². The van der Waals surface area contributed by atoms with Crippen LogP contribution < -0.4 is 0 Å². The van der Waals surface area contributed by atoms with Crippen molar-refractivity contribution in [2.45, 2.75) is 13.5 Å². The van der Waals surface area contributed by atoms with Gasteiger partial charge in [0.1, 0.15) is 0 Å². The van der Waals surface area contributed by atoms with Crippen molar-refractivity contribution >= 4 is 33.5 Å². The smallest absolute Gasteiger partial charge is 0.0565 e. The summed E-state index contributed by atoms with van der Waals surface area (Å²) < 4.78 is 2.45. The Morgan fingerprint density at radius 2 is 1.21 bits per heavy atom. The lowest BCUT2D eigenvalue weighted by Gasteiger charge is -2.08. The fraction of sp³-hybridized carbons (Fsp3) is 0.0714. The van der Waals surface area contributed by atoms with E-state index in [2.05, 4.69) is 109 Å². The van der Waals surface area contributed by atoms with Crippen LogP contribution in [0.1, 0.15) is 23.6 Å². The third-order valence-corrected chi connectivity index (χ3v) is 6.16. The van der Waals surface area contributed by atoms with E-state index in [-0.39, 0.29) is 0 Å². The second-order valence-electron chi connectivity index (χ2n) is 7.65. The summed E-state index contributed by atoms with van der Waals surface area (Å²) in [7, 11) is 0. The summed E-state index contributed by atoms with van der Waals surface area (Å²) in [5.74, 6) is 0. The Kier molecular flexibility index (Phi) is 3.51. The van der Waals surface area contributed by atoms with Gasteiger partial charge in [-0.05, 0) is 52.5 Å². The predicted octanol–water partition coefficient (Wildman–Crippen LogP) is 7.38. The van der Waals surface area contributed by atoms with E-state index in [1.165, 1.54) is 55.2 Å². The highest BCUT2D eigenvalue weighted by Crippen LogP contribution is 2.45. The number of hydrogen-bond acceptors (Lipinski definition) is 0. The van der Waals surface area contributed by atoms with Gasteiger partial charge in [-0.3, -0.25) is 0 Å². The number of fused-ring (bicyclic) bond motifs is 6. The topological polar surface area (TPSA) is 4.93 Å². The van der Waals surface area contributed by atoms with Gasteiger partial charge in [0.15, 0.2) is 0 Å². The van der Waals surface area contributed by atoms with Gasteiger partial charge in [0.25, 0.3) is 0 Å². The number of para-hydroxylation sites is 2. The summed E-state index contributed by atoms with van der Waals surface area (Å²) in [5.41, 5.74) is 10.5. The summed E-state index contributed by atoms with van der Waals surface area (Å²) in [5, 5.41) is 2.66. The molecule has 0 fully saturated rings. The molecule has 0 aliphatic heterocycles. The minimum Gasteiger partial charge on any atom is -0.340 e. The van der Waals surface area contributed by atoms with Crippen LogP contribution in [0.2, 0.25) is 0 Å². The molecule has 1 aromatic heterocycles. The van der Waals surface area contributed by atoms with Crippen LogP contribution in [0.25, 0.3) is 44.6 Å². The number of hydrogen-bond donors (Lipinski definition) is 0. The first-order valence-electron chi connectivity index (χ1n) is 10.3. The van der Waals surface area contributed by atoms with E-state index in [1.54, 1.807) is 0 Å². The SMILES string of the molecule is CCn1c2ccccc2c2cccc(C=C3c4ccccc4-c4ccccc43)c21. The maximum atomic E-state index is 2.45. The average molecular weight is 371 g/mol. The van der Waals surface area contributed by atoms with Crippen LogP contribution in [0.15, 0.2) is 91.0 Å². The zero-order valence-electron chi connectivity index (χ0n) is 16.4. The predicted molar refractivity (Wildman–Crippen MR) is 124 cm³/mol. The highest BCUT2D eigenvalue weighted by molar-refractivity contribution is 6.13. The average Bonchev–Trinajstić information content (AvgIpc) is 3.28. The van der Waals surface area contributed by atoms with Crippen LogP contribution >= 0.6 is 0 Å². The first-order valence-corrected chi connectivity index (χ1v) is 10.3. The Labute approximate surface area is 170 Å². The first kappa shape index (κ1) is 16.4. The fourth-order valence-corrected chi connectivity index (χ4v) is 4.94. The van der Waals surface area contributed by atoms with Gasteiger partial charge in [0, 0.05) is 22.8 Å². The van der Waals surface area contributed by atoms with Crippen molar-refractivity contribution in [1.82, 2.24) is 4.57 Å². The molecule has 1 aliphatic rings. The van der Waals surface area contributed by atoms with E-state index in [1.807, 2.05) is 0 Å². The number of rotatable bonds is 2. The molecule has 5 aromatic rings. The van der Waals surface area contributed by atoms with Crippen molar-refractivity contribution in [2.24, 2.45) is 0 Å². The molecule has 0 radical (unpaired) electrons. The zero-order valence-corrected chi connectivity index (χ0v) is 16.4. The number of benzene rings is 4. The van der Waals surface area contributed by atoms with Crippen LogP contribution in [0, 0.1) is 0 Å². The number of aromatic nitrogens is 1. The maximum Gasteiger partial charge on any atom is 0.0565 e. The van der Waals surface area contributed by atoms with Crippen molar-refractivity contribution in [2.75, 3.05) is 0 Å². The van der Waals surface area contributed by atoms with Gasteiger partial charge < -0.3 is 4.57 Å². The lowest BCUT2D eigenvalue weighted by molar-refractivity contribution is 0.826. The molecule has 1 heteroatoms. The van der Waals surface area contributed by atoms with Crippen molar-refractivity contribution in [3.63, 3.8) is 0 Å². The summed E-state index contributed by atoms with van der Waals surface area (Å²) in [6.45, 7) is 3.19. The van der Waals surface area contributed by atoms with E-state index in [4.69, 9.17) is 0 Å². The van der Waals surface area contributed by atoms with Crippen molar-refractivity contribution in [3.05, 3.63) is 108 Å². The number of nitrogens with zero attached hydrogens (tertiary/aromatic N) is 1. The lowest BCUT2D eigenvalue weighted by Crippen LogP contribution is -1.95. The summed E-state index contributed by atoms with van der Waals surface area (Å²) in [4.78, 5) is 0. The largest absolute Gasteiger partial charge is 0.340 e. The number of aryl methyl sites for hydroxylation is 1. The molecule has 0 N–H and O–H groups in total. The molecule has 0 atom stereocenters. The molecule has 0 amide bonds. The molecule has 6 rings (SSSR count). The van der Waals surface area contributed by atoms with Crippen LogP contribution in [0.4, 0.5) is 0 Å². The molecular formula is C28H21N. The van der Waals surface area contributed by atoms with Crippen LogP contribution in [0.5, 0.6) is 0 Å². The fourth-order valence-electron chi connectivity index (χ4n) is 4.94. The van der Waals surface area contributed by atoms with Crippen molar-refractivity contribution in [1.29, 1.82) is 0 Å². The van der Waals surface area contributed by atoms with Gasteiger partial charge in [-0.1, -0.05) is 84.9 Å². The second kappa shape index (κ2) is 6.22. The molecule has 0 spiro atoms. The summed E-state index contributed by atoms with van der Waals surface area (Å²) >= 11 is 0. The minimum absolute atomic E-state index is 0.956. The molecule has 1 nitrogen and oxygen atoms in total. The Morgan fingerprint density at radius 1 is 0.621 bits per heavy atom. The lowest BCUT2D eigenvalue weighted by atomic mass is 10.00. The Hall–Kier alpha value is -3.58. The van der Waals surface area contributed by atoms with E-state index in [0.717, 1.165) is 6.54 Å². The normalized spacial score (nSPS) is 12.4. The summed E-state index contributed by atoms with van der Waals surface area (Å²) in [6.07, 6.45) is 2.39. The molecular weight excluding hydrogens is 350 g/mol. The van der Waals surface area contributed by atoms with Crippen LogP contribution in [-0.2, 0) is 6.54 Å². The molecule has 0 saturated heterocycles. The highest BCUT2D eigenvalue weighted by Gasteiger charge is 2.23. The molecule has 1 heterocycles. The molecule has 4 aromatic carbocycles. The van der Waals surface area contributed by atoms with Crippen molar-refractivity contribution < 1.29 is 0 Å². The maximum absolute atomic E-state index is 2.45. The quantitative estimate of drug-likeness (QED) is 0.299. The summed E-state index contributed by atoms with van der Waals surface area (Å²) in [6, 6.07) is 32.9.